The summed E-state index contributed by atoms with van der Waals surface area (Å²) in [7, 11) is 0. The number of amides is 2. The Morgan fingerprint density at radius 2 is 1.59 bits per heavy atom. The van der Waals surface area contributed by atoms with E-state index < -0.39 is 0 Å². The number of aliphatic imine (C=N–C) groups is 1. The number of hydrazine groups is 1. The van der Waals surface area contributed by atoms with E-state index in [1.165, 1.54) is 17.1 Å². The van der Waals surface area contributed by atoms with Gasteiger partial charge in [-0.2, -0.15) is 0 Å². The lowest BCUT2D eigenvalue weighted by Crippen LogP contribution is -2.58. The number of halogens is 1. The van der Waals surface area contributed by atoms with Gasteiger partial charge in [-0.1, -0.05) is 17.7 Å². The molecule has 2 aliphatic heterocycles. The van der Waals surface area contributed by atoms with Crippen molar-refractivity contribution in [3.05, 3.63) is 59.9 Å². The predicted octanol–water partition coefficient (Wildman–Crippen LogP) is 1.73. The summed E-state index contributed by atoms with van der Waals surface area (Å²) in [4.78, 5) is 33.1. The first-order valence-electron chi connectivity index (χ1n) is 9.52. The number of piperazine rings is 1. The van der Waals surface area contributed by atoms with E-state index in [1.54, 1.807) is 17.0 Å². The lowest BCUT2D eigenvalue weighted by atomic mass is 10.2. The number of hydrogen-bond acceptors (Lipinski definition) is 5. The summed E-state index contributed by atoms with van der Waals surface area (Å²) in [6.07, 6.45) is 0. The van der Waals surface area contributed by atoms with E-state index in [9.17, 15) is 14.0 Å². The monoisotopic (exact) mass is 395 g/mol. The molecule has 4 rings (SSSR count). The summed E-state index contributed by atoms with van der Waals surface area (Å²) in [6, 6.07) is 13.8. The molecular formula is C21H22FN5O2. The van der Waals surface area contributed by atoms with Crippen LogP contribution in [0.5, 0.6) is 0 Å². The number of rotatable bonds is 3. The molecular weight excluding hydrogens is 373 g/mol. The molecule has 0 aromatic heterocycles. The van der Waals surface area contributed by atoms with Gasteiger partial charge in [0.2, 0.25) is 5.84 Å². The largest absolute Gasteiger partial charge is 0.368 e. The Hall–Kier alpha value is -3.42. The molecule has 2 aromatic rings. The summed E-state index contributed by atoms with van der Waals surface area (Å²) < 4.78 is 13.1. The molecule has 0 bridgehead atoms. The summed E-state index contributed by atoms with van der Waals surface area (Å²) in [6.45, 7) is 4.23. The second-order valence-electron chi connectivity index (χ2n) is 7.10. The van der Waals surface area contributed by atoms with Gasteiger partial charge in [-0.05, 0) is 43.3 Å². The second-order valence-corrected chi connectivity index (χ2v) is 7.10. The molecule has 2 aromatic carbocycles. The zero-order valence-corrected chi connectivity index (χ0v) is 16.1. The third-order valence-corrected chi connectivity index (χ3v) is 5.09. The van der Waals surface area contributed by atoms with Gasteiger partial charge in [0.15, 0.2) is 0 Å². The van der Waals surface area contributed by atoms with Gasteiger partial charge in [0.25, 0.3) is 11.8 Å². The molecule has 1 fully saturated rings. The predicted molar refractivity (Wildman–Crippen MR) is 109 cm³/mol. The number of benzene rings is 2. The molecule has 0 saturated carbocycles. The number of carbonyl (C=O) groups is 2. The number of carbonyl (C=O) groups excluding carboxylic acids is 2. The van der Waals surface area contributed by atoms with Crippen LogP contribution in [0.2, 0.25) is 0 Å². The Kier molecular flexibility index (Phi) is 5.16. The zero-order valence-electron chi connectivity index (χ0n) is 16.1. The van der Waals surface area contributed by atoms with Gasteiger partial charge >= 0.3 is 0 Å². The van der Waals surface area contributed by atoms with Crippen molar-refractivity contribution in [3.8, 4) is 0 Å². The number of aryl methyl sites for hydroxylation is 1. The molecule has 0 atom stereocenters. The van der Waals surface area contributed by atoms with Crippen molar-refractivity contribution in [1.82, 2.24) is 10.3 Å². The van der Waals surface area contributed by atoms with Crippen LogP contribution in [0.4, 0.5) is 15.8 Å². The summed E-state index contributed by atoms with van der Waals surface area (Å²) in [5.74, 6) is -0.545. The molecule has 2 heterocycles. The van der Waals surface area contributed by atoms with Crippen LogP contribution in [-0.4, -0.2) is 55.3 Å². The maximum absolute atomic E-state index is 13.1. The number of nitrogens with zero attached hydrogens (tertiary/aromatic N) is 4. The second kappa shape index (κ2) is 7.90. The maximum Gasteiger partial charge on any atom is 0.290 e. The van der Waals surface area contributed by atoms with E-state index in [4.69, 9.17) is 0 Å². The number of nitrogens with one attached hydrogen (secondary N) is 1. The Morgan fingerprint density at radius 1 is 0.966 bits per heavy atom. The van der Waals surface area contributed by atoms with Crippen molar-refractivity contribution in [2.75, 3.05) is 42.6 Å². The molecule has 1 N–H and O–H groups in total. The van der Waals surface area contributed by atoms with E-state index in [-0.39, 0.29) is 30.0 Å². The van der Waals surface area contributed by atoms with Gasteiger partial charge in [0.1, 0.15) is 12.4 Å². The summed E-state index contributed by atoms with van der Waals surface area (Å²) in [5.41, 5.74) is 5.56. The zero-order chi connectivity index (χ0) is 20.4. The van der Waals surface area contributed by atoms with Crippen LogP contribution < -0.4 is 15.3 Å². The summed E-state index contributed by atoms with van der Waals surface area (Å²) in [5, 5.41) is 1.37. The molecule has 0 unspecified atom stereocenters. The number of hydrogen-bond donors (Lipinski definition) is 1. The van der Waals surface area contributed by atoms with Crippen LogP contribution in [0.15, 0.2) is 53.5 Å². The quantitative estimate of drug-likeness (QED) is 0.860. The highest BCUT2D eigenvalue weighted by molar-refractivity contribution is 6.39. The van der Waals surface area contributed by atoms with E-state index in [1.807, 2.05) is 31.2 Å². The summed E-state index contributed by atoms with van der Waals surface area (Å²) >= 11 is 0. The SMILES string of the molecule is Cc1ccc(N2NC(C(=O)N3CCN(c4ccc(F)cc4)CC3)=NCC2=O)cc1. The normalized spacial score (nSPS) is 17.1. The van der Waals surface area contributed by atoms with Crippen LogP contribution in [0, 0.1) is 12.7 Å². The van der Waals surface area contributed by atoms with Crippen LogP contribution in [0.1, 0.15) is 5.56 Å². The third-order valence-electron chi connectivity index (χ3n) is 5.09. The Balaban J connectivity index is 1.40. The highest BCUT2D eigenvalue weighted by Gasteiger charge is 2.30. The van der Waals surface area contributed by atoms with Crippen LogP contribution >= 0.6 is 0 Å². The molecule has 0 spiro atoms. The van der Waals surface area contributed by atoms with E-state index >= 15 is 0 Å². The highest BCUT2D eigenvalue weighted by atomic mass is 19.1. The number of anilines is 2. The topological polar surface area (TPSA) is 68.2 Å². The van der Waals surface area contributed by atoms with Crippen LogP contribution in [-0.2, 0) is 9.59 Å². The minimum absolute atomic E-state index is 0.0719. The Bertz CT molecular complexity index is 935. The first kappa shape index (κ1) is 18.9. The Labute approximate surface area is 168 Å². The maximum atomic E-state index is 13.1. The van der Waals surface area contributed by atoms with Crippen LogP contribution in [0.25, 0.3) is 0 Å². The smallest absolute Gasteiger partial charge is 0.290 e. The average molecular weight is 395 g/mol. The number of amidine groups is 1. The first-order valence-corrected chi connectivity index (χ1v) is 9.52. The fourth-order valence-corrected chi connectivity index (χ4v) is 3.41. The van der Waals surface area contributed by atoms with Gasteiger partial charge in [-0.3, -0.25) is 20.0 Å². The molecule has 29 heavy (non-hydrogen) atoms. The molecule has 150 valence electrons. The fourth-order valence-electron chi connectivity index (χ4n) is 3.41. The molecule has 8 heteroatoms. The highest BCUT2D eigenvalue weighted by Crippen LogP contribution is 2.18. The first-order chi connectivity index (χ1) is 14.0. The minimum atomic E-state index is -0.267. The van der Waals surface area contributed by atoms with E-state index in [0.717, 1.165) is 11.3 Å². The fraction of sp³-hybridized carbons (Fsp3) is 0.286. The van der Waals surface area contributed by atoms with Crippen molar-refractivity contribution in [2.24, 2.45) is 4.99 Å². The molecule has 0 aliphatic carbocycles. The minimum Gasteiger partial charge on any atom is -0.368 e. The molecule has 2 aliphatic rings. The molecule has 0 radical (unpaired) electrons. The van der Waals surface area contributed by atoms with Crippen molar-refractivity contribution in [3.63, 3.8) is 0 Å². The van der Waals surface area contributed by atoms with Gasteiger partial charge in [0.05, 0.1) is 5.69 Å². The lowest BCUT2D eigenvalue weighted by Gasteiger charge is -2.37. The van der Waals surface area contributed by atoms with Gasteiger partial charge in [0, 0.05) is 31.9 Å². The van der Waals surface area contributed by atoms with Crippen molar-refractivity contribution in [2.45, 2.75) is 6.92 Å². The van der Waals surface area contributed by atoms with Crippen molar-refractivity contribution in [1.29, 1.82) is 0 Å². The van der Waals surface area contributed by atoms with Crippen molar-refractivity contribution < 1.29 is 14.0 Å². The molecule has 7 nitrogen and oxygen atoms in total. The average Bonchev–Trinajstić information content (AvgIpc) is 2.75. The third kappa shape index (κ3) is 4.06. The van der Waals surface area contributed by atoms with Crippen molar-refractivity contribution >= 4 is 29.0 Å². The van der Waals surface area contributed by atoms with E-state index in [2.05, 4.69) is 15.3 Å². The molecule has 1 saturated heterocycles. The van der Waals surface area contributed by atoms with Gasteiger partial charge in [-0.25, -0.2) is 9.40 Å². The van der Waals surface area contributed by atoms with Gasteiger partial charge in [-0.15, -0.1) is 0 Å². The Morgan fingerprint density at radius 3 is 2.24 bits per heavy atom. The van der Waals surface area contributed by atoms with Crippen LogP contribution in [0.3, 0.4) is 0 Å². The lowest BCUT2D eigenvalue weighted by molar-refractivity contribution is -0.124. The van der Waals surface area contributed by atoms with E-state index in [0.29, 0.717) is 31.9 Å². The van der Waals surface area contributed by atoms with Gasteiger partial charge < -0.3 is 9.80 Å². The standard InChI is InChI=1S/C21H22FN5O2/c1-15-2-6-18(7-3-15)27-19(28)14-23-20(24-27)21(29)26-12-10-25(11-13-26)17-8-4-16(22)5-9-17/h2-9H,10-14H2,1H3,(H,23,24). The molecule has 2 amide bonds.